The smallest absolute Gasteiger partial charge is 0.137 e. The Kier molecular flexibility index (Phi) is 2.86. The molecule has 2 heterocycles. The molecule has 1 N–H and O–H groups in total. The minimum Gasteiger partial charge on any atom is -0.346 e. The van der Waals surface area contributed by atoms with Gasteiger partial charge in [0.1, 0.15) is 5.65 Å². The summed E-state index contributed by atoms with van der Waals surface area (Å²) < 4.78 is 0. The third kappa shape index (κ3) is 1.64. The number of fused-ring (bicyclic) bond motifs is 1. The van der Waals surface area contributed by atoms with E-state index in [2.05, 4.69) is 16.0 Å². The number of hydrogen-bond acceptors (Lipinski definition) is 1. The van der Waals surface area contributed by atoms with Gasteiger partial charge in [0.15, 0.2) is 0 Å². The molecule has 0 amide bonds. The number of pyridine rings is 1. The van der Waals surface area contributed by atoms with E-state index in [9.17, 15) is 0 Å². The van der Waals surface area contributed by atoms with Gasteiger partial charge in [-0.3, -0.25) is 0 Å². The maximum atomic E-state index is 4.19. The zero-order valence-electron chi connectivity index (χ0n) is 7.76. The molecule has 2 nitrogen and oxygen atoms in total. The summed E-state index contributed by atoms with van der Waals surface area (Å²) in [6.07, 6.45) is 3.76. The van der Waals surface area contributed by atoms with Crippen molar-refractivity contribution in [3.8, 4) is 0 Å². The molecule has 0 aliphatic rings. The lowest BCUT2D eigenvalue weighted by atomic mass is 10.2. The lowest BCUT2D eigenvalue weighted by Gasteiger charge is -1.89. The first-order chi connectivity index (χ1) is 5.86. The minimum absolute atomic E-state index is 0.964. The molecule has 0 saturated heterocycles. The highest BCUT2D eigenvalue weighted by Gasteiger charge is 1.92. The molecule has 0 saturated carbocycles. The molecule has 0 spiro atoms. The van der Waals surface area contributed by atoms with E-state index in [0.29, 0.717) is 0 Å². The van der Waals surface area contributed by atoms with Crippen LogP contribution in [0.4, 0.5) is 0 Å². The van der Waals surface area contributed by atoms with E-state index < -0.39 is 0 Å². The molecule has 12 heavy (non-hydrogen) atoms. The average Bonchev–Trinajstić information content (AvgIpc) is 2.54. The van der Waals surface area contributed by atoms with Crippen LogP contribution in [0.25, 0.3) is 11.0 Å². The SMILES string of the molecule is CC.Cc1cnc2[nH]ccc2c1. The topological polar surface area (TPSA) is 28.7 Å². The third-order valence-corrected chi connectivity index (χ3v) is 1.54. The van der Waals surface area contributed by atoms with Crippen molar-refractivity contribution in [2.75, 3.05) is 0 Å². The first-order valence-corrected chi connectivity index (χ1v) is 4.26. The number of H-pyrrole nitrogens is 1. The van der Waals surface area contributed by atoms with Gasteiger partial charge in [-0.1, -0.05) is 13.8 Å². The maximum absolute atomic E-state index is 4.19. The number of hydrogen-bond donors (Lipinski definition) is 1. The zero-order chi connectivity index (χ0) is 8.97. The average molecular weight is 162 g/mol. The molecule has 0 aromatic carbocycles. The van der Waals surface area contributed by atoms with Crippen molar-refractivity contribution in [2.45, 2.75) is 20.8 Å². The molecule has 0 fully saturated rings. The normalized spacial score (nSPS) is 9.25. The van der Waals surface area contributed by atoms with Gasteiger partial charge in [-0.2, -0.15) is 0 Å². The van der Waals surface area contributed by atoms with Crippen LogP contribution in [0.3, 0.4) is 0 Å². The van der Waals surface area contributed by atoms with Crippen LogP contribution >= 0.6 is 0 Å². The second kappa shape index (κ2) is 3.90. The molecule has 2 rings (SSSR count). The molecule has 2 heteroatoms. The molecule has 2 aromatic rings. The quantitative estimate of drug-likeness (QED) is 0.634. The Hall–Kier alpha value is -1.31. The van der Waals surface area contributed by atoms with Gasteiger partial charge in [-0.05, 0) is 24.6 Å². The van der Waals surface area contributed by atoms with Crippen LogP contribution in [0.15, 0.2) is 24.5 Å². The van der Waals surface area contributed by atoms with Gasteiger partial charge < -0.3 is 4.98 Å². The molecule has 0 bridgehead atoms. The minimum atomic E-state index is 0.964. The lowest BCUT2D eigenvalue weighted by Crippen LogP contribution is -1.76. The second-order valence-electron chi connectivity index (χ2n) is 2.43. The largest absolute Gasteiger partial charge is 0.346 e. The fourth-order valence-corrected chi connectivity index (χ4v) is 1.05. The monoisotopic (exact) mass is 162 g/mol. The van der Waals surface area contributed by atoms with E-state index in [1.807, 2.05) is 39.2 Å². The van der Waals surface area contributed by atoms with E-state index in [-0.39, 0.29) is 0 Å². The summed E-state index contributed by atoms with van der Waals surface area (Å²) in [6, 6.07) is 4.13. The summed E-state index contributed by atoms with van der Waals surface area (Å²) in [5.41, 5.74) is 2.16. The predicted molar refractivity (Wildman–Crippen MR) is 52.2 cm³/mol. The molecule has 0 radical (unpaired) electrons. The van der Waals surface area contributed by atoms with Crippen LogP contribution in [0.5, 0.6) is 0 Å². The Bertz CT molecular complexity index is 349. The zero-order valence-corrected chi connectivity index (χ0v) is 7.76. The van der Waals surface area contributed by atoms with Gasteiger partial charge in [0.05, 0.1) is 0 Å². The van der Waals surface area contributed by atoms with Gasteiger partial charge in [-0.25, -0.2) is 4.98 Å². The highest BCUT2D eigenvalue weighted by Crippen LogP contribution is 2.09. The van der Waals surface area contributed by atoms with E-state index in [4.69, 9.17) is 0 Å². The summed E-state index contributed by atoms with van der Waals surface area (Å²) in [7, 11) is 0. The Morgan fingerprint density at radius 1 is 1.33 bits per heavy atom. The van der Waals surface area contributed by atoms with Crippen molar-refractivity contribution >= 4 is 11.0 Å². The molecule has 0 unspecified atom stereocenters. The van der Waals surface area contributed by atoms with Crippen molar-refractivity contribution in [3.63, 3.8) is 0 Å². The van der Waals surface area contributed by atoms with Gasteiger partial charge in [0.25, 0.3) is 0 Å². The third-order valence-electron chi connectivity index (χ3n) is 1.54. The van der Waals surface area contributed by atoms with Crippen LogP contribution in [-0.4, -0.2) is 9.97 Å². The molecule has 2 aromatic heterocycles. The van der Waals surface area contributed by atoms with Crippen molar-refractivity contribution in [3.05, 3.63) is 30.1 Å². The summed E-state index contributed by atoms with van der Waals surface area (Å²) in [4.78, 5) is 7.22. The van der Waals surface area contributed by atoms with Gasteiger partial charge in [-0.15, -0.1) is 0 Å². The first kappa shape index (κ1) is 8.78. The molecule has 0 aliphatic carbocycles. The Balaban J connectivity index is 0.000000336. The van der Waals surface area contributed by atoms with Crippen LogP contribution in [-0.2, 0) is 0 Å². The van der Waals surface area contributed by atoms with Gasteiger partial charge in [0.2, 0.25) is 0 Å². The van der Waals surface area contributed by atoms with E-state index in [1.54, 1.807) is 0 Å². The maximum Gasteiger partial charge on any atom is 0.137 e. The summed E-state index contributed by atoms with van der Waals surface area (Å²) in [5.74, 6) is 0. The molecular weight excluding hydrogens is 148 g/mol. The predicted octanol–water partition coefficient (Wildman–Crippen LogP) is 2.90. The Labute approximate surface area is 72.6 Å². The molecule has 0 aliphatic heterocycles. The van der Waals surface area contributed by atoms with Crippen molar-refractivity contribution < 1.29 is 0 Å². The van der Waals surface area contributed by atoms with Crippen molar-refractivity contribution in [1.29, 1.82) is 0 Å². The Morgan fingerprint density at radius 2 is 2.08 bits per heavy atom. The van der Waals surface area contributed by atoms with Gasteiger partial charge >= 0.3 is 0 Å². The number of nitrogens with one attached hydrogen (secondary N) is 1. The fourth-order valence-electron chi connectivity index (χ4n) is 1.05. The van der Waals surface area contributed by atoms with E-state index >= 15 is 0 Å². The highest BCUT2D eigenvalue weighted by molar-refractivity contribution is 5.75. The fraction of sp³-hybridized carbons (Fsp3) is 0.300. The first-order valence-electron chi connectivity index (χ1n) is 4.26. The number of aromatic nitrogens is 2. The molecular formula is C10H14N2. The van der Waals surface area contributed by atoms with Crippen LogP contribution in [0, 0.1) is 6.92 Å². The highest BCUT2D eigenvalue weighted by atomic mass is 14.8. The number of aromatic amines is 1. The summed E-state index contributed by atoms with van der Waals surface area (Å²) >= 11 is 0. The molecule has 0 atom stereocenters. The lowest BCUT2D eigenvalue weighted by molar-refractivity contribution is 1.29. The van der Waals surface area contributed by atoms with Crippen molar-refractivity contribution in [1.82, 2.24) is 9.97 Å². The number of nitrogens with zero attached hydrogens (tertiary/aromatic N) is 1. The van der Waals surface area contributed by atoms with Crippen LogP contribution < -0.4 is 0 Å². The van der Waals surface area contributed by atoms with Crippen LogP contribution in [0.1, 0.15) is 19.4 Å². The van der Waals surface area contributed by atoms with E-state index in [0.717, 1.165) is 5.65 Å². The summed E-state index contributed by atoms with van der Waals surface area (Å²) in [5, 5.41) is 1.18. The second-order valence-corrected chi connectivity index (χ2v) is 2.43. The number of aryl methyl sites for hydroxylation is 1. The van der Waals surface area contributed by atoms with Gasteiger partial charge in [0, 0.05) is 17.8 Å². The number of rotatable bonds is 0. The van der Waals surface area contributed by atoms with Crippen LogP contribution in [0.2, 0.25) is 0 Å². The summed E-state index contributed by atoms with van der Waals surface area (Å²) in [6.45, 7) is 6.04. The Morgan fingerprint density at radius 3 is 2.83 bits per heavy atom. The molecule has 64 valence electrons. The standard InChI is InChI=1S/C8H8N2.C2H6/c1-6-4-7-2-3-9-8(7)10-5-6;1-2/h2-5H,1H3,(H,9,10);1-2H3. The van der Waals surface area contributed by atoms with E-state index in [1.165, 1.54) is 10.9 Å². The van der Waals surface area contributed by atoms with Crippen molar-refractivity contribution in [2.24, 2.45) is 0 Å².